The summed E-state index contributed by atoms with van der Waals surface area (Å²) in [6.45, 7) is 3.27. The number of halogens is 1. The minimum atomic E-state index is -0.292. The van der Waals surface area contributed by atoms with Gasteiger partial charge in [-0.3, -0.25) is 4.79 Å². The molecule has 8 heteroatoms. The van der Waals surface area contributed by atoms with Crippen LogP contribution in [0, 0.1) is 17.1 Å². The Kier molecular flexibility index (Phi) is 4.57. The van der Waals surface area contributed by atoms with Crippen LogP contribution in [0.3, 0.4) is 0 Å². The van der Waals surface area contributed by atoms with E-state index in [0.29, 0.717) is 36.8 Å². The van der Waals surface area contributed by atoms with Crippen molar-refractivity contribution in [3.8, 4) is 6.07 Å². The zero-order chi connectivity index (χ0) is 18.1. The molecule has 0 bridgehead atoms. The lowest BCUT2D eigenvalue weighted by molar-refractivity contribution is -0.117. The third-order valence-corrected chi connectivity index (χ3v) is 5.69. The molecule has 0 unspecified atom stereocenters. The molecule has 6 nitrogen and oxygen atoms in total. The lowest BCUT2D eigenvalue weighted by Crippen LogP contribution is -2.36. The molecular weight excluding hydrogens is 355 g/mol. The highest BCUT2D eigenvalue weighted by Gasteiger charge is 2.27. The van der Waals surface area contributed by atoms with Gasteiger partial charge in [0.2, 0.25) is 5.91 Å². The maximum atomic E-state index is 13.4. The quantitative estimate of drug-likeness (QED) is 0.826. The minimum absolute atomic E-state index is 0.0700. The van der Waals surface area contributed by atoms with E-state index in [4.69, 9.17) is 4.74 Å². The van der Waals surface area contributed by atoms with Crippen LogP contribution in [0.5, 0.6) is 0 Å². The summed E-state index contributed by atoms with van der Waals surface area (Å²) < 4.78 is 18.7. The highest BCUT2D eigenvalue weighted by Crippen LogP contribution is 2.31. The smallest absolute Gasteiger partial charge is 0.233 e. The van der Waals surface area contributed by atoms with E-state index < -0.39 is 0 Å². The molecule has 2 aromatic rings. The van der Waals surface area contributed by atoms with Gasteiger partial charge in [-0.25, -0.2) is 9.37 Å². The predicted molar refractivity (Wildman–Crippen MR) is 96.0 cm³/mol. The molecular formula is C18H17FN4O2S. The first kappa shape index (κ1) is 16.9. The van der Waals surface area contributed by atoms with Gasteiger partial charge in [0.1, 0.15) is 16.8 Å². The molecule has 2 aliphatic rings. The summed E-state index contributed by atoms with van der Waals surface area (Å²) in [5, 5.41) is 10.2. The summed E-state index contributed by atoms with van der Waals surface area (Å²) in [6, 6.07) is 6.64. The number of ether oxygens (including phenoxy) is 1. The number of carbonyl (C=O) groups is 1. The molecule has 134 valence electrons. The minimum Gasteiger partial charge on any atom is -0.378 e. The largest absolute Gasteiger partial charge is 0.378 e. The van der Waals surface area contributed by atoms with Crippen molar-refractivity contribution in [3.63, 3.8) is 0 Å². The zero-order valence-corrected chi connectivity index (χ0v) is 14.9. The second kappa shape index (κ2) is 7.02. The number of carbonyl (C=O) groups excluding carboxylic acids is 1. The number of hydrogen-bond donors (Lipinski definition) is 0. The summed E-state index contributed by atoms with van der Waals surface area (Å²) in [5.74, 6) is -0.412. The molecule has 2 aliphatic heterocycles. The van der Waals surface area contributed by atoms with Crippen LogP contribution in [-0.2, 0) is 22.4 Å². The van der Waals surface area contributed by atoms with Gasteiger partial charge < -0.3 is 14.5 Å². The second-order valence-corrected chi connectivity index (χ2v) is 7.21. The monoisotopic (exact) mass is 372 g/mol. The van der Waals surface area contributed by atoms with Gasteiger partial charge in [-0.2, -0.15) is 5.26 Å². The van der Waals surface area contributed by atoms with E-state index in [0.717, 1.165) is 29.5 Å². The van der Waals surface area contributed by atoms with Gasteiger partial charge in [-0.05, 0) is 30.2 Å². The Morgan fingerprint density at radius 3 is 2.92 bits per heavy atom. The lowest BCUT2D eigenvalue weighted by atomic mass is 10.1. The van der Waals surface area contributed by atoms with Crippen molar-refractivity contribution in [1.29, 1.82) is 5.26 Å². The lowest BCUT2D eigenvalue weighted by Gasteiger charge is -2.26. The Hall–Kier alpha value is -2.50. The van der Waals surface area contributed by atoms with E-state index in [9.17, 15) is 14.4 Å². The molecule has 4 rings (SSSR count). The molecule has 0 N–H and O–H groups in total. The Bertz CT molecular complexity index is 886. The molecule has 1 fully saturated rings. The highest BCUT2D eigenvalue weighted by molar-refractivity contribution is 7.16. The van der Waals surface area contributed by atoms with Gasteiger partial charge in [0.25, 0.3) is 0 Å². The first-order valence-electron chi connectivity index (χ1n) is 8.47. The van der Waals surface area contributed by atoms with Crippen LogP contribution in [0.25, 0.3) is 0 Å². The fraction of sp³-hybridized carbons (Fsp3) is 0.389. The van der Waals surface area contributed by atoms with Crippen LogP contribution in [0.2, 0.25) is 0 Å². The van der Waals surface area contributed by atoms with Gasteiger partial charge in [0.15, 0.2) is 5.13 Å². The third-order valence-electron chi connectivity index (χ3n) is 4.63. The average Bonchev–Trinajstić information content (AvgIpc) is 3.26. The number of thiazole rings is 1. The standard InChI is InChI=1S/C18H17FN4O2S/c19-13-1-2-15-12(9-13)3-4-23(15)17(24)10-14-16(11-20)26-18(21-14)22-5-7-25-8-6-22/h1-2,9H,3-8,10H2. The van der Waals surface area contributed by atoms with Crippen molar-refractivity contribution in [2.75, 3.05) is 42.6 Å². The predicted octanol–water partition coefficient (Wildman–Crippen LogP) is 2.12. The van der Waals surface area contributed by atoms with Gasteiger partial charge in [-0.15, -0.1) is 0 Å². The average molecular weight is 372 g/mol. The van der Waals surface area contributed by atoms with Crippen LogP contribution < -0.4 is 9.80 Å². The normalized spacial score (nSPS) is 16.5. The number of amides is 1. The molecule has 0 spiro atoms. The van der Waals surface area contributed by atoms with E-state index >= 15 is 0 Å². The van der Waals surface area contributed by atoms with Gasteiger partial charge in [0, 0.05) is 25.3 Å². The molecule has 3 heterocycles. The van der Waals surface area contributed by atoms with Gasteiger partial charge >= 0.3 is 0 Å². The van der Waals surface area contributed by atoms with E-state index in [1.807, 2.05) is 0 Å². The van der Waals surface area contributed by atoms with E-state index in [1.54, 1.807) is 11.0 Å². The van der Waals surface area contributed by atoms with E-state index in [-0.39, 0.29) is 18.1 Å². The van der Waals surface area contributed by atoms with E-state index in [1.165, 1.54) is 23.5 Å². The van der Waals surface area contributed by atoms with Crippen molar-refractivity contribution in [2.45, 2.75) is 12.8 Å². The first-order chi connectivity index (χ1) is 12.7. The molecule has 1 aromatic carbocycles. The molecule has 0 saturated carbocycles. The van der Waals surface area contributed by atoms with Crippen LogP contribution in [0.1, 0.15) is 16.1 Å². The number of nitriles is 1. The maximum Gasteiger partial charge on any atom is 0.233 e. The molecule has 0 atom stereocenters. The fourth-order valence-electron chi connectivity index (χ4n) is 3.30. The Morgan fingerprint density at radius 2 is 2.15 bits per heavy atom. The number of aromatic nitrogens is 1. The van der Waals surface area contributed by atoms with Crippen molar-refractivity contribution >= 4 is 28.1 Å². The van der Waals surface area contributed by atoms with Crippen molar-refractivity contribution in [3.05, 3.63) is 40.2 Å². The molecule has 1 saturated heterocycles. The summed E-state index contributed by atoms with van der Waals surface area (Å²) in [7, 11) is 0. The Balaban J connectivity index is 1.53. The summed E-state index contributed by atoms with van der Waals surface area (Å²) >= 11 is 1.32. The third kappa shape index (κ3) is 3.16. The summed E-state index contributed by atoms with van der Waals surface area (Å²) in [4.78, 5) is 21.5. The molecule has 0 aliphatic carbocycles. The molecule has 1 aromatic heterocycles. The van der Waals surface area contributed by atoms with Gasteiger partial charge in [0.05, 0.1) is 25.3 Å². The number of hydrogen-bond acceptors (Lipinski definition) is 6. The molecule has 26 heavy (non-hydrogen) atoms. The van der Waals surface area contributed by atoms with Crippen molar-refractivity contribution in [2.24, 2.45) is 0 Å². The SMILES string of the molecule is N#Cc1sc(N2CCOCC2)nc1CC(=O)N1CCc2cc(F)ccc21. The number of benzene rings is 1. The fourth-order valence-corrected chi connectivity index (χ4v) is 4.24. The summed E-state index contributed by atoms with van der Waals surface area (Å²) in [6.07, 6.45) is 0.709. The molecule has 0 radical (unpaired) electrons. The van der Waals surface area contributed by atoms with E-state index in [2.05, 4.69) is 16.0 Å². The van der Waals surface area contributed by atoms with Crippen LogP contribution >= 0.6 is 11.3 Å². The second-order valence-electron chi connectivity index (χ2n) is 6.23. The topological polar surface area (TPSA) is 69.5 Å². The number of morpholine rings is 1. The number of anilines is 2. The maximum absolute atomic E-state index is 13.4. The van der Waals surface area contributed by atoms with Crippen LogP contribution in [0.4, 0.5) is 15.2 Å². The summed E-state index contributed by atoms with van der Waals surface area (Å²) in [5.41, 5.74) is 2.10. The number of fused-ring (bicyclic) bond motifs is 1. The zero-order valence-electron chi connectivity index (χ0n) is 14.1. The first-order valence-corrected chi connectivity index (χ1v) is 9.28. The number of nitrogens with zero attached hydrogens (tertiary/aromatic N) is 4. The van der Waals surface area contributed by atoms with Crippen molar-refractivity contribution in [1.82, 2.24) is 4.98 Å². The van der Waals surface area contributed by atoms with Crippen LogP contribution in [0.15, 0.2) is 18.2 Å². The Morgan fingerprint density at radius 1 is 1.35 bits per heavy atom. The van der Waals surface area contributed by atoms with Gasteiger partial charge in [-0.1, -0.05) is 11.3 Å². The van der Waals surface area contributed by atoms with Crippen molar-refractivity contribution < 1.29 is 13.9 Å². The molecule has 1 amide bonds. The highest BCUT2D eigenvalue weighted by atomic mass is 32.1. The van der Waals surface area contributed by atoms with Crippen LogP contribution in [-0.4, -0.2) is 43.7 Å². The Labute approximate surface area is 154 Å². The number of rotatable bonds is 3.